The number of nitrogens with one attached hydrogen (secondary N) is 1. The number of amides is 1. The molecular weight excluding hydrogens is 442 g/mol. The lowest BCUT2D eigenvalue weighted by atomic mass is 10.1. The highest BCUT2D eigenvalue weighted by molar-refractivity contribution is 7.96. The Hall–Kier alpha value is -2.59. The topological polar surface area (TPSA) is 116 Å². The van der Waals surface area contributed by atoms with Crippen molar-refractivity contribution >= 4 is 25.8 Å². The Morgan fingerprint density at radius 1 is 1.10 bits per heavy atom. The Morgan fingerprint density at radius 2 is 1.77 bits per heavy atom. The summed E-state index contributed by atoms with van der Waals surface area (Å²) < 4.78 is 62.5. The Kier molecular flexibility index (Phi) is 6.33. The van der Waals surface area contributed by atoms with Crippen LogP contribution in [-0.4, -0.2) is 47.4 Å². The average molecular weight is 468 g/mol. The first-order valence-electron chi connectivity index (χ1n) is 9.66. The zero-order valence-electron chi connectivity index (χ0n) is 17.5. The van der Waals surface area contributed by atoms with E-state index >= 15 is 0 Å². The van der Waals surface area contributed by atoms with E-state index in [2.05, 4.69) is 5.32 Å². The lowest BCUT2D eigenvalue weighted by molar-refractivity contribution is 0.0520. The van der Waals surface area contributed by atoms with Gasteiger partial charge in [-0.25, -0.2) is 21.6 Å². The van der Waals surface area contributed by atoms with Gasteiger partial charge in [-0.2, -0.15) is 0 Å². The third-order valence-corrected chi connectivity index (χ3v) is 8.62. The van der Waals surface area contributed by atoms with Crippen LogP contribution >= 0.6 is 0 Å². The molecule has 2 aromatic carbocycles. The zero-order chi connectivity index (χ0) is 22.9. The number of hydrogen-bond acceptors (Lipinski definition) is 7. The second kappa shape index (κ2) is 8.51. The van der Waals surface area contributed by atoms with E-state index in [1.807, 2.05) is 0 Å². The monoisotopic (exact) mass is 467 g/mol. The Balaban J connectivity index is 1.83. The van der Waals surface area contributed by atoms with Crippen molar-refractivity contribution in [2.45, 2.75) is 41.4 Å². The summed E-state index contributed by atoms with van der Waals surface area (Å²) in [6, 6.07) is 12.2. The summed E-state index contributed by atoms with van der Waals surface area (Å²) in [5.41, 5.74) is -0.512. The molecule has 168 valence electrons. The fourth-order valence-corrected chi connectivity index (χ4v) is 7.61. The van der Waals surface area contributed by atoms with Gasteiger partial charge in [0, 0.05) is 5.56 Å². The number of carbonyl (C=O) groups is 1. The summed E-state index contributed by atoms with van der Waals surface area (Å²) in [7, 11) is -7.74. The predicted molar refractivity (Wildman–Crippen MR) is 115 cm³/mol. The standard InChI is InChI=1S/C21H25NO7S2/c1-21(2,3)29-20(23)22-12-13-28-16-10-7-11-17-19(16)18(14-30(17,24)25)31(26,27)15-8-5-4-6-9-15/h4-11,18H,12-14H2,1-3H3,(H,22,23). The highest BCUT2D eigenvalue weighted by Gasteiger charge is 2.45. The van der Waals surface area contributed by atoms with Gasteiger partial charge in [0.05, 0.1) is 22.1 Å². The van der Waals surface area contributed by atoms with Crippen molar-refractivity contribution in [3.8, 4) is 5.75 Å². The number of alkyl carbamates (subject to hydrolysis) is 1. The Bertz CT molecular complexity index is 1170. The number of rotatable bonds is 6. The summed E-state index contributed by atoms with van der Waals surface area (Å²) in [5.74, 6) is -0.384. The minimum atomic E-state index is -3.96. The molecular formula is C21H25NO7S2. The Labute approximate surface area is 182 Å². The molecule has 0 fully saturated rings. The summed E-state index contributed by atoms with van der Waals surface area (Å²) >= 11 is 0. The van der Waals surface area contributed by atoms with E-state index in [4.69, 9.17) is 9.47 Å². The van der Waals surface area contributed by atoms with Crippen molar-refractivity contribution < 1.29 is 31.1 Å². The van der Waals surface area contributed by atoms with Crippen LogP contribution in [0.4, 0.5) is 4.79 Å². The molecule has 1 unspecified atom stereocenters. The predicted octanol–water partition coefficient (Wildman–Crippen LogP) is 2.89. The highest BCUT2D eigenvalue weighted by atomic mass is 32.2. The van der Waals surface area contributed by atoms with Crippen LogP contribution in [0.5, 0.6) is 5.75 Å². The number of fused-ring (bicyclic) bond motifs is 1. The van der Waals surface area contributed by atoms with Crippen molar-refractivity contribution in [1.29, 1.82) is 0 Å². The zero-order valence-corrected chi connectivity index (χ0v) is 19.1. The first-order valence-corrected chi connectivity index (χ1v) is 12.9. The van der Waals surface area contributed by atoms with Gasteiger partial charge in [0.2, 0.25) is 0 Å². The van der Waals surface area contributed by atoms with Gasteiger partial charge in [-0.05, 0) is 45.0 Å². The van der Waals surface area contributed by atoms with Gasteiger partial charge in [-0.1, -0.05) is 24.3 Å². The van der Waals surface area contributed by atoms with Crippen LogP contribution in [0, 0.1) is 0 Å². The van der Waals surface area contributed by atoms with E-state index in [0.29, 0.717) is 0 Å². The summed E-state index contributed by atoms with van der Waals surface area (Å²) in [5, 5.41) is 1.26. The van der Waals surface area contributed by atoms with Crippen LogP contribution in [0.2, 0.25) is 0 Å². The quantitative estimate of drug-likeness (QED) is 0.650. The van der Waals surface area contributed by atoms with Gasteiger partial charge >= 0.3 is 6.09 Å². The molecule has 0 saturated heterocycles. The maximum absolute atomic E-state index is 13.2. The molecule has 1 N–H and O–H groups in total. The molecule has 0 spiro atoms. The van der Waals surface area contributed by atoms with Crippen LogP contribution < -0.4 is 10.1 Å². The molecule has 1 heterocycles. The van der Waals surface area contributed by atoms with Gasteiger partial charge in [0.1, 0.15) is 23.2 Å². The smallest absolute Gasteiger partial charge is 0.407 e. The second-order valence-electron chi connectivity index (χ2n) is 8.07. The molecule has 1 atom stereocenters. The number of sulfone groups is 2. The fraction of sp³-hybridized carbons (Fsp3) is 0.381. The third-order valence-electron chi connectivity index (χ3n) is 4.53. The van der Waals surface area contributed by atoms with Crippen LogP contribution in [0.15, 0.2) is 58.3 Å². The van der Waals surface area contributed by atoms with Crippen molar-refractivity contribution in [2.75, 3.05) is 18.9 Å². The van der Waals surface area contributed by atoms with Crippen LogP contribution in [0.3, 0.4) is 0 Å². The molecule has 0 aromatic heterocycles. The molecule has 2 aromatic rings. The maximum atomic E-state index is 13.2. The molecule has 10 heteroatoms. The molecule has 1 aliphatic rings. The molecule has 0 saturated carbocycles. The van der Waals surface area contributed by atoms with Gasteiger partial charge < -0.3 is 14.8 Å². The maximum Gasteiger partial charge on any atom is 0.407 e. The van der Waals surface area contributed by atoms with Crippen molar-refractivity contribution in [3.63, 3.8) is 0 Å². The lowest BCUT2D eigenvalue weighted by Gasteiger charge is -2.20. The normalized spacial score (nSPS) is 17.6. The van der Waals surface area contributed by atoms with E-state index in [9.17, 15) is 21.6 Å². The second-order valence-corrected chi connectivity index (χ2v) is 12.2. The first kappa shape index (κ1) is 23.1. The summed E-state index contributed by atoms with van der Waals surface area (Å²) in [4.78, 5) is 11.7. The molecule has 1 aliphatic heterocycles. The van der Waals surface area contributed by atoms with E-state index in [1.54, 1.807) is 39.0 Å². The number of benzene rings is 2. The molecule has 1 amide bonds. The van der Waals surface area contributed by atoms with Gasteiger partial charge in [0.25, 0.3) is 0 Å². The number of hydrogen-bond donors (Lipinski definition) is 1. The van der Waals surface area contributed by atoms with Crippen LogP contribution in [-0.2, 0) is 24.4 Å². The van der Waals surface area contributed by atoms with Crippen molar-refractivity contribution in [3.05, 3.63) is 54.1 Å². The summed E-state index contributed by atoms with van der Waals surface area (Å²) in [6.07, 6.45) is -0.610. The van der Waals surface area contributed by atoms with Crippen LogP contribution in [0.1, 0.15) is 31.6 Å². The molecule has 0 radical (unpaired) electrons. The highest BCUT2D eigenvalue weighted by Crippen LogP contribution is 2.45. The van der Waals surface area contributed by atoms with Crippen LogP contribution in [0.25, 0.3) is 0 Å². The summed E-state index contributed by atoms with van der Waals surface area (Å²) in [6.45, 7) is 5.33. The minimum Gasteiger partial charge on any atom is -0.491 e. The molecule has 31 heavy (non-hydrogen) atoms. The third kappa shape index (κ3) is 5.19. The van der Waals surface area contributed by atoms with E-state index in [0.717, 1.165) is 0 Å². The SMILES string of the molecule is CC(C)(C)OC(=O)NCCOc1cccc2c1C(S(=O)(=O)c1ccccc1)CS2(=O)=O. The Morgan fingerprint density at radius 3 is 2.42 bits per heavy atom. The minimum absolute atomic E-state index is 0.00779. The van der Waals surface area contributed by atoms with Crippen molar-refractivity contribution in [1.82, 2.24) is 5.32 Å². The van der Waals surface area contributed by atoms with Gasteiger partial charge in [-0.3, -0.25) is 0 Å². The fourth-order valence-electron chi connectivity index (χ4n) is 3.26. The molecule has 3 rings (SSSR count). The molecule has 8 nitrogen and oxygen atoms in total. The largest absolute Gasteiger partial charge is 0.491 e. The lowest BCUT2D eigenvalue weighted by Crippen LogP contribution is -2.34. The van der Waals surface area contributed by atoms with E-state index in [-0.39, 0.29) is 34.3 Å². The van der Waals surface area contributed by atoms with Gasteiger partial charge in [0.15, 0.2) is 19.7 Å². The number of carbonyl (C=O) groups excluding carboxylic acids is 1. The first-order chi connectivity index (χ1) is 14.4. The van der Waals surface area contributed by atoms with E-state index in [1.165, 1.54) is 30.3 Å². The van der Waals surface area contributed by atoms with E-state index < -0.39 is 42.4 Å². The molecule has 0 bridgehead atoms. The van der Waals surface area contributed by atoms with Gasteiger partial charge in [-0.15, -0.1) is 0 Å². The molecule has 0 aliphatic carbocycles. The number of ether oxygens (including phenoxy) is 2. The average Bonchev–Trinajstić information content (AvgIpc) is 2.97. The van der Waals surface area contributed by atoms with Crippen molar-refractivity contribution in [2.24, 2.45) is 0 Å².